The molecule has 1 aliphatic rings. The number of imide groups is 1. The fraction of sp³-hybridized carbons (Fsp3) is 0.227. The second kappa shape index (κ2) is 8.18. The van der Waals surface area contributed by atoms with Gasteiger partial charge in [-0.05, 0) is 42.8 Å². The van der Waals surface area contributed by atoms with Gasteiger partial charge in [-0.1, -0.05) is 0 Å². The molecule has 0 aromatic heterocycles. The average Bonchev–Trinajstić information content (AvgIpc) is 2.98. The summed E-state index contributed by atoms with van der Waals surface area (Å²) in [4.78, 5) is 37.5. The third kappa shape index (κ3) is 3.99. The van der Waals surface area contributed by atoms with Crippen LogP contribution in [0.25, 0.3) is 5.57 Å². The number of anilines is 1. The van der Waals surface area contributed by atoms with Crippen molar-refractivity contribution in [3.63, 3.8) is 0 Å². The second-order valence-electron chi connectivity index (χ2n) is 6.51. The van der Waals surface area contributed by atoms with Crippen molar-refractivity contribution in [2.75, 3.05) is 19.1 Å². The predicted octanol–water partition coefficient (Wildman–Crippen LogP) is 3.36. The number of ketones is 1. The molecule has 7 nitrogen and oxygen atoms in total. The van der Waals surface area contributed by atoms with E-state index in [2.05, 4.69) is 0 Å². The van der Waals surface area contributed by atoms with Crippen molar-refractivity contribution >= 4 is 28.9 Å². The standard InChI is InChI=1S/C22H21NO6/c1-13(24)16-5-6-21-19(9-16)20(22(26)23(21)14(2)25)12-29-11-15-7-17(27-3)10-18(8-15)28-4/h5-10,12H,11H2,1-4H3. The summed E-state index contributed by atoms with van der Waals surface area (Å²) in [6, 6.07) is 10.1. The van der Waals surface area contributed by atoms with Crippen LogP contribution in [-0.2, 0) is 20.9 Å². The molecule has 0 atom stereocenters. The molecule has 1 heterocycles. The smallest absolute Gasteiger partial charge is 0.268 e. The minimum Gasteiger partial charge on any atom is -0.497 e. The van der Waals surface area contributed by atoms with Crippen LogP contribution in [0.15, 0.2) is 42.7 Å². The Hall–Kier alpha value is -3.61. The van der Waals surface area contributed by atoms with E-state index in [-0.39, 0.29) is 18.0 Å². The zero-order valence-corrected chi connectivity index (χ0v) is 16.6. The molecular weight excluding hydrogens is 374 g/mol. The minimum absolute atomic E-state index is 0.134. The molecule has 0 unspecified atom stereocenters. The maximum Gasteiger partial charge on any atom is 0.268 e. The van der Waals surface area contributed by atoms with Crippen molar-refractivity contribution in [3.8, 4) is 11.5 Å². The van der Waals surface area contributed by atoms with Gasteiger partial charge in [0, 0.05) is 24.1 Å². The maximum absolute atomic E-state index is 12.8. The van der Waals surface area contributed by atoms with Gasteiger partial charge in [0.05, 0.1) is 31.7 Å². The number of Topliss-reactive ketones (excluding diaryl/α,β-unsaturated/α-hetero) is 1. The molecule has 0 radical (unpaired) electrons. The summed E-state index contributed by atoms with van der Waals surface area (Å²) in [6.07, 6.45) is 1.32. The van der Waals surface area contributed by atoms with Crippen molar-refractivity contribution in [1.29, 1.82) is 0 Å². The number of ether oxygens (including phenoxy) is 3. The van der Waals surface area contributed by atoms with Crippen molar-refractivity contribution in [1.82, 2.24) is 0 Å². The summed E-state index contributed by atoms with van der Waals surface area (Å²) in [6.45, 7) is 2.91. The van der Waals surface area contributed by atoms with E-state index in [1.54, 1.807) is 50.6 Å². The van der Waals surface area contributed by atoms with Crippen LogP contribution in [0, 0.1) is 0 Å². The van der Waals surface area contributed by atoms with Crippen LogP contribution in [-0.4, -0.2) is 31.8 Å². The Bertz CT molecular complexity index is 1000. The molecule has 2 amide bonds. The summed E-state index contributed by atoms with van der Waals surface area (Å²) in [7, 11) is 3.11. The Morgan fingerprint density at radius 2 is 1.66 bits per heavy atom. The fourth-order valence-corrected chi connectivity index (χ4v) is 3.11. The van der Waals surface area contributed by atoms with Crippen LogP contribution in [0.1, 0.15) is 35.3 Å². The molecule has 0 saturated carbocycles. The van der Waals surface area contributed by atoms with Crippen LogP contribution in [0.5, 0.6) is 11.5 Å². The fourth-order valence-electron chi connectivity index (χ4n) is 3.11. The van der Waals surface area contributed by atoms with Gasteiger partial charge in [-0.3, -0.25) is 14.4 Å². The number of amides is 2. The molecule has 0 N–H and O–H groups in total. The molecule has 0 spiro atoms. The summed E-state index contributed by atoms with van der Waals surface area (Å²) < 4.78 is 16.1. The van der Waals surface area contributed by atoms with Gasteiger partial charge in [-0.25, -0.2) is 4.90 Å². The molecule has 0 saturated heterocycles. The van der Waals surface area contributed by atoms with Gasteiger partial charge < -0.3 is 14.2 Å². The highest BCUT2D eigenvalue weighted by molar-refractivity contribution is 6.39. The topological polar surface area (TPSA) is 82.1 Å². The van der Waals surface area contributed by atoms with Gasteiger partial charge in [0.15, 0.2) is 5.78 Å². The number of carbonyl (C=O) groups is 3. The van der Waals surface area contributed by atoms with E-state index in [1.807, 2.05) is 0 Å². The van der Waals surface area contributed by atoms with Gasteiger partial charge in [0.2, 0.25) is 5.91 Å². The Morgan fingerprint density at radius 1 is 1.00 bits per heavy atom. The number of methoxy groups -OCH3 is 2. The lowest BCUT2D eigenvalue weighted by Crippen LogP contribution is -2.31. The molecule has 7 heteroatoms. The molecule has 1 aliphatic heterocycles. The van der Waals surface area contributed by atoms with Crippen molar-refractivity contribution in [3.05, 3.63) is 59.4 Å². The molecule has 3 rings (SSSR count). The minimum atomic E-state index is -0.489. The Kier molecular flexibility index (Phi) is 5.68. The maximum atomic E-state index is 12.8. The second-order valence-corrected chi connectivity index (χ2v) is 6.51. The predicted molar refractivity (Wildman–Crippen MR) is 107 cm³/mol. The average molecular weight is 395 g/mol. The first kappa shape index (κ1) is 20.1. The van der Waals surface area contributed by atoms with E-state index >= 15 is 0 Å². The number of benzene rings is 2. The lowest BCUT2D eigenvalue weighted by molar-refractivity contribution is -0.122. The van der Waals surface area contributed by atoms with E-state index in [1.165, 1.54) is 20.1 Å². The molecule has 2 aromatic rings. The first-order valence-corrected chi connectivity index (χ1v) is 8.89. The SMILES string of the molecule is COc1cc(COC=C2C(=O)N(C(C)=O)c3ccc(C(C)=O)cc32)cc(OC)c1. The first-order valence-electron chi connectivity index (χ1n) is 8.89. The van der Waals surface area contributed by atoms with Gasteiger partial charge in [0.25, 0.3) is 5.91 Å². The quantitative estimate of drug-likeness (QED) is 0.424. The monoisotopic (exact) mass is 395 g/mol. The first-order chi connectivity index (χ1) is 13.8. The zero-order valence-electron chi connectivity index (χ0n) is 16.6. The largest absolute Gasteiger partial charge is 0.497 e. The van der Waals surface area contributed by atoms with Crippen LogP contribution >= 0.6 is 0 Å². The lowest BCUT2D eigenvalue weighted by atomic mass is 10.0. The molecular formula is C22H21NO6. The number of nitrogens with zero attached hydrogens (tertiary/aromatic N) is 1. The van der Waals surface area contributed by atoms with E-state index in [9.17, 15) is 14.4 Å². The summed E-state index contributed by atoms with van der Waals surface area (Å²) >= 11 is 0. The van der Waals surface area contributed by atoms with Crippen LogP contribution in [0.3, 0.4) is 0 Å². The molecule has 2 aromatic carbocycles. The van der Waals surface area contributed by atoms with E-state index in [4.69, 9.17) is 14.2 Å². The highest BCUT2D eigenvalue weighted by Gasteiger charge is 2.35. The van der Waals surface area contributed by atoms with Gasteiger partial charge in [-0.2, -0.15) is 0 Å². The summed E-state index contributed by atoms with van der Waals surface area (Å²) in [5.41, 5.74) is 2.37. The van der Waals surface area contributed by atoms with Crippen molar-refractivity contribution in [2.45, 2.75) is 20.5 Å². The Labute approximate surface area is 168 Å². The van der Waals surface area contributed by atoms with Crippen LogP contribution < -0.4 is 14.4 Å². The number of rotatable bonds is 6. The molecule has 0 bridgehead atoms. The van der Waals surface area contributed by atoms with Crippen molar-refractivity contribution in [2.24, 2.45) is 0 Å². The third-order valence-electron chi connectivity index (χ3n) is 4.54. The summed E-state index contributed by atoms with van der Waals surface area (Å²) in [5, 5.41) is 0. The van der Waals surface area contributed by atoms with Gasteiger partial charge in [-0.15, -0.1) is 0 Å². The Morgan fingerprint density at radius 3 is 2.21 bits per heavy atom. The lowest BCUT2D eigenvalue weighted by Gasteiger charge is -2.12. The van der Waals surface area contributed by atoms with Gasteiger partial charge >= 0.3 is 0 Å². The van der Waals surface area contributed by atoms with Gasteiger partial charge in [0.1, 0.15) is 18.1 Å². The normalized spacial score (nSPS) is 14.0. The van der Waals surface area contributed by atoms with E-state index in [0.29, 0.717) is 28.3 Å². The van der Waals surface area contributed by atoms with Crippen LogP contribution in [0.2, 0.25) is 0 Å². The van der Waals surface area contributed by atoms with Crippen LogP contribution in [0.4, 0.5) is 5.69 Å². The number of hydrogen-bond donors (Lipinski definition) is 0. The molecule has 29 heavy (non-hydrogen) atoms. The highest BCUT2D eigenvalue weighted by Crippen LogP contribution is 2.37. The number of hydrogen-bond acceptors (Lipinski definition) is 6. The van der Waals surface area contributed by atoms with E-state index in [0.717, 1.165) is 10.5 Å². The Balaban J connectivity index is 1.91. The summed E-state index contributed by atoms with van der Waals surface area (Å²) in [5.74, 6) is 0.202. The zero-order chi connectivity index (χ0) is 21.1. The van der Waals surface area contributed by atoms with Crippen molar-refractivity contribution < 1.29 is 28.6 Å². The third-order valence-corrected chi connectivity index (χ3v) is 4.54. The molecule has 150 valence electrons. The molecule has 0 fully saturated rings. The highest BCUT2D eigenvalue weighted by atomic mass is 16.5. The van der Waals surface area contributed by atoms with E-state index < -0.39 is 11.8 Å². The number of carbonyl (C=O) groups excluding carboxylic acids is 3. The number of fused-ring (bicyclic) bond motifs is 1. The molecule has 0 aliphatic carbocycles.